The number of halogens is 2. The van der Waals surface area contributed by atoms with Crippen molar-refractivity contribution < 1.29 is 23.8 Å². The predicted molar refractivity (Wildman–Crippen MR) is 134 cm³/mol. The molecular weight excluding hydrogens is 475 g/mol. The van der Waals surface area contributed by atoms with E-state index in [0.717, 1.165) is 5.56 Å². The lowest BCUT2D eigenvalue weighted by Crippen LogP contribution is -2.08. The molecule has 0 aliphatic rings. The highest BCUT2D eigenvalue weighted by Crippen LogP contribution is 2.24. The van der Waals surface area contributed by atoms with E-state index in [-0.39, 0.29) is 18.0 Å². The molecule has 0 spiro atoms. The largest absolute Gasteiger partial charge is 0.503 e. The van der Waals surface area contributed by atoms with E-state index in [9.17, 15) is 9.59 Å². The van der Waals surface area contributed by atoms with E-state index >= 15 is 0 Å². The molecule has 174 valence electrons. The zero-order valence-electron chi connectivity index (χ0n) is 18.6. The molecule has 0 atom stereocenters. The molecule has 0 aliphatic heterocycles. The fraction of sp³-hybridized carbons (Fsp3) is 0.111. The third-order valence-electron chi connectivity index (χ3n) is 4.86. The Morgan fingerprint density at radius 3 is 2.35 bits per heavy atom. The molecule has 0 fully saturated rings. The van der Waals surface area contributed by atoms with Crippen LogP contribution in [-0.2, 0) is 20.9 Å². The molecule has 5 nitrogen and oxygen atoms in total. The topological polar surface area (TPSA) is 61.8 Å². The average molecular weight is 497 g/mol. The molecule has 0 heterocycles. The lowest BCUT2D eigenvalue weighted by molar-refractivity contribution is -0.133. The SMILES string of the molecule is CO/C=C(/C(=O)OC)c1ccccc1COc1ccc(C(=O)/C=C/c2ccc(Cl)cc2Cl)cc1. The van der Waals surface area contributed by atoms with E-state index in [4.69, 9.17) is 37.4 Å². The predicted octanol–water partition coefficient (Wildman–Crippen LogP) is 6.63. The number of hydrogen-bond acceptors (Lipinski definition) is 5. The number of hydrogen-bond donors (Lipinski definition) is 0. The molecule has 0 saturated carbocycles. The number of methoxy groups -OCH3 is 2. The van der Waals surface area contributed by atoms with Crippen LogP contribution in [0.3, 0.4) is 0 Å². The Balaban J connectivity index is 1.69. The van der Waals surface area contributed by atoms with Gasteiger partial charge in [-0.05, 0) is 65.2 Å². The minimum atomic E-state index is -0.509. The van der Waals surface area contributed by atoms with E-state index in [2.05, 4.69) is 0 Å². The summed E-state index contributed by atoms with van der Waals surface area (Å²) in [6, 6.07) is 19.2. The molecule has 0 amide bonds. The monoisotopic (exact) mass is 496 g/mol. The zero-order chi connectivity index (χ0) is 24.5. The van der Waals surface area contributed by atoms with Crippen LogP contribution in [0.4, 0.5) is 0 Å². The van der Waals surface area contributed by atoms with Crippen LogP contribution >= 0.6 is 23.2 Å². The molecule has 0 bridgehead atoms. The maximum atomic E-state index is 12.5. The smallest absolute Gasteiger partial charge is 0.341 e. The van der Waals surface area contributed by atoms with Gasteiger partial charge in [-0.25, -0.2) is 4.79 Å². The van der Waals surface area contributed by atoms with Crippen LogP contribution in [0.1, 0.15) is 27.0 Å². The minimum Gasteiger partial charge on any atom is -0.503 e. The summed E-state index contributed by atoms with van der Waals surface area (Å²) in [4.78, 5) is 24.6. The molecule has 0 saturated heterocycles. The Morgan fingerprint density at radius 1 is 0.941 bits per heavy atom. The highest BCUT2D eigenvalue weighted by atomic mass is 35.5. The molecule has 3 aromatic carbocycles. The molecule has 0 aliphatic carbocycles. The summed E-state index contributed by atoms with van der Waals surface area (Å²) in [7, 11) is 2.77. The van der Waals surface area contributed by atoms with Gasteiger partial charge >= 0.3 is 5.97 Å². The van der Waals surface area contributed by atoms with Crippen LogP contribution in [-0.4, -0.2) is 26.0 Å². The molecule has 0 N–H and O–H groups in total. The molecule has 0 aromatic heterocycles. The van der Waals surface area contributed by atoms with Crippen molar-refractivity contribution in [1.29, 1.82) is 0 Å². The van der Waals surface area contributed by atoms with Gasteiger partial charge in [0.05, 0.1) is 20.5 Å². The van der Waals surface area contributed by atoms with Crippen molar-refractivity contribution in [3.05, 3.63) is 111 Å². The molecule has 0 radical (unpaired) electrons. The summed E-state index contributed by atoms with van der Waals surface area (Å²) in [6.45, 7) is 0.205. The Hall–Kier alpha value is -3.54. The van der Waals surface area contributed by atoms with Crippen molar-refractivity contribution in [2.24, 2.45) is 0 Å². The lowest BCUT2D eigenvalue weighted by atomic mass is 10.0. The third-order valence-corrected chi connectivity index (χ3v) is 5.42. The van der Waals surface area contributed by atoms with E-state index < -0.39 is 5.97 Å². The molecule has 3 aromatic rings. The van der Waals surface area contributed by atoms with Gasteiger partial charge in [-0.15, -0.1) is 0 Å². The quantitative estimate of drug-likeness (QED) is 0.144. The fourth-order valence-electron chi connectivity index (χ4n) is 3.13. The number of rotatable bonds is 9. The van der Waals surface area contributed by atoms with Crippen LogP contribution < -0.4 is 4.74 Å². The first-order valence-corrected chi connectivity index (χ1v) is 11.0. The van der Waals surface area contributed by atoms with Crippen LogP contribution in [0.25, 0.3) is 11.6 Å². The molecule has 3 rings (SSSR count). The van der Waals surface area contributed by atoms with Gasteiger partial charge in [0.1, 0.15) is 17.9 Å². The number of carbonyl (C=O) groups is 2. The van der Waals surface area contributed by atoms with Crippen LogP contribution in [0, 0.1) is 0 Å². The van der Waals surface area contributed by atoms with Crippen molar-refractivity contribution in [3.63, 3.8) is 0 Å². The Labute approximate surface area is 208 Å². The number of ketones is 1. The molecule has 0 unspecified atom stereocenters. The van der Waals surface area contributed by atoms with Gasteiger partial charge in [0.25, 0.3) is 0 Å². The minimum absolute atomic E-state index is 0.171. The molecule has 34 heavy (non-hydrogen) atoms. The van der Waals surface area contributed by atoms with E-state index in [1.54, 1.807) is 54.6 Å². The van der Waals surface area contributed by atoms with E-state index in [1.165, 1.54) is 26.6 Å². The normalized spacial score (nSPS) is 11.4. The highest BCUT2D eigenvalue weighted by molar-refractivity contribution is 6.35. The lowest BCUT2D eigenvalue weighted by Gasteiger charge is -2.13. The standard InChI is InChI=1S/C27H22Cl2O5/c1-32-17-24(27(31)33-2)23-6-4-3-5-20(23)16-34-22-12-8-19(9-13-22)26(30)14-10-18-7-11-21(28)15-25(18)29/h3-15,17H,16H2,1-2H3/b14-10+,24-17+. The molecular formula is C27H22Cl2O5. The van der Waals surface area contributed by atoms with Crippen molar-refractivity contribution in [3.8, 4) is 5.75 Å². The summed E-state index contributed by atoms with van der Waals surface area (Å²) < 4.78 is 15.8. The maximum Gasteiger partial charge on any atom is 0.341 e. The van der Waals surface area contributed by atoms with Crippen LogP contribution in [0.5, 0.6) is 5.75 Å². The molecule has 7 heteroatoms. The summed E-state index contributed by atoms with van der Waals surface area (Å²) in [6.07, 6.45) is 4.45. The van der Waals surface area contributed by atoms with Gasteiger partial charge in [0.15, 0.2) is 5.78 Å². The average Bonchev–Trinajstić information content (AvgIpc) is 2.85. The van der Waals surface area contributed by atoms with Crippen LogP contribution in [0.2, 0.25) is 10.0 Å². The van der Waals surface area contributed by atoms with E-state index in [1.807, 2.05) is 18.2 Å². The van der Waals surface area contributed by atoms with Gasteiger partial charge in [-0.3, -0.25) is 4.79 Å². The number of ether oxygens (including phenoxy) is 3. The van der Waals surface area contributed by atoms with Gasteiger partial charge in [-0.2, -0.15) is 0 Å². The van der Waals surface area contributed by atoms with Gasteiger partial charge in [0.2, 0.25) is 0 Å². The van der Waals surface area contributed by atoms with Crippen molar-refractivity contribution >= 4 is 46.6 Å². The number of esters is 1. The summed E-state index contributed by atoms with van der Waals surface area (Å²) in [5, 5.41) is 0.999. The summed E-state index contributed by atoms with van der Waals surface area (Å²) in [5.41, 5.74) is 2.92. The first kappa shape index (κ1) is 25.1. The first-order valence-electron chi connectivity index (χ1n) is 10.2. The third kappa shape index (κ3) is 6.50. The number of carbonyl (C=O) groups excluding carboxylic acids is 2. The Morgan fingerprint density at radius 2 is 1.68 bits per heavy atom. The second-order valence-electron chi connectivity index (χ2n) is 7.09. The van der Waals surface area contributed by atoms with Crippen LogP contribution in [0.15, 0.2) is 79.1 Å². The van der Waals surface area contributed by atoms with E-state index in [0.29, 0.717) is 32.5 Å². The van der Waals surface area contributed by atoms with Crippen molar-refractivity contribution in [2.75, 3.05) is 14.2 Å². The zero-order valence-corrected chi connectivity index (χ0v) is 20.1. The van der Waals surface area contributed by atoms with Crippen molar-refractivity contribution in [1.82, 2.24) is 0 Å². The second kappa shape index (κ2) is 12.1. The Kier molecular flexibility index (Phi) is 8.91. The first-order chi connectivity index (χ1) is 16.4. The summed E-state index contributed by atoms with van der Waals surface area (Å²) >= 11 is 12.0. The van der Waals surface area contributed by atoms with Crippen molar-refractivity contribution in [2.45, 2.75) is 6.61 Å². The number of benzene rings is 3. The van der Waals surface area contributed by atoms with Gasteiger partial charge in [0, 0.05) is 15.6 Å². The highest BCUT2D eigenvalue weighted by Gasteiger charge is 2.17. The van der Waals surface area contributed by atoms with Gasteiger partial charge < -0.3 is 14.2 Å². The van der Waals surface area contributed by atoms with Gasteiger partial charge in [-0.1, -0.05) is 53.5 Å². The summed E-state index contributed by atoms with van der Waals surface area (Å²) in [5.74, 6) is -0.105. The fourth-order valence-corrected chi connectivity index (χ4v) is 3.60. The number of allylic oxidation sites excluding steroid dienone is 1. The maximum absolute atomic E-state index is 12.5. The second-order valence-corrected chi connectivity index (χ2v) is 7.94. The Bertz CT molecular complexity index is 1230.